The lowest BCUT2D eigenvalue weighted by molar-refractivity contribution is 0.509. The van der Waals surface area contributed by atoms with Crippen LogP contribution in [-0.2, 0) is 6.42 Å². The largest absolute Gasteiger partial charge is 0.317 e. The Morgan fingerprint density at radius 3 is 2.73 bits per heavy atom. The lowest BCUT2D eigenvalue weighted by atomic mass is 10.0. The minimum Gasteiger partial charge on any atom is -0.317 e. The van der Waals surface area contributed by atoms with Crippen molar-refractivity contribution < 1.29 is 0 Å². The van der Waals surface area contributed by atoms with Gasteiger partial charge in [0, 0.05) is 15.5 Å². The molecule has 0 aromatic heterocycles. The van der Waals surface area contributed by atoms with E-state index in [4.69, 9.17) is 11.6 Å². The topological polar surface area (TPSA) is 12.0 Å². The van der Waals surface area contributed by atoms with E-state index >= 15 is 0 Å². The fourth-order valence-electron chi connectivity index (χ4n) is 1.61. The normalized spacial score (nSPS) is 12.8. The van der Waals surface area contributed by atoms with Gasteiger partial charge in [-0.1, -0.05) is 40.5 Å². The van der Waals surface area contributed by atoms with Crippen LogP contribution in [-0.4, -0.2) is 13.1 Å². The van der Waals surface area contributed by atoms with Crippen molar-refractivity contribution in [2.24, 2.45) is 0 Å². The van der Waals surface area contributed by atoms with Gasteiger partial charge in [-0.25, -0.2) is 0 Å². The number of benzene rings is 1. The van der Waals surface area contributed by atoms with Crippen LogP contribution in [0.4, 0.5) is 0 Å². The average Bonchev–Trinajstić information content (AvgIpc) is 2.22. The molecule has 1 aromatic carbocycles. The first-order valence-corrected chi connectivity index (χ1v) is 6.45. The number of nitrogens with one attached hydrogen (secondary N) is 1. The molecule has 1 unspecified atom stereocenters. The van der Waals surface area contributed by atoms with Crippen molar-refractivity contribution >= 4 is 27.5 Å². The molecule has 15 heavy (non-hydrogen) atoms. The lowest BCUT2D eigenvalue weighted by Crippen LogP contribution is -2.24. The Bertz CT molecular complexity index is 310. The third kappa shape index (κ3) is 4.13. The molecule has 0 amide bonds. The van der Waals surface area contributed by atoms with Crippen LogP contribution >= 0.6 is 27.5 Å². The number of aryl methyl sites for hydroxylation is 1. The molecule has 0 aliphatic heterocycles. The fraction of sp³-hybridized carbons (Fsp3) is 0.500. The van der Waals surface area contributed by atoms with Gasteiger partial charge in [0.05, 0.1) is 0 Å². The van der Waals surface area contributed by atoms with Crippen molar-refractivity contribution in [3.63, 3.8) is 0 Å². The van der Waals surface area contributed by atoms with Gasteiger partial charge in [0.2, 0.25) is 0 Å². The summed E-state index contributed by atoms with van der Waals surface area (Å²) in [4.78, 5) is 0. The van der Waals surface area contributed by atoms with Crippen molar-refractivity contribution in [2.45, 2.75) is 32.2 Å². The third-order valence-corrected chi connectivity index (χ3v) is 3.52. The minimum atomic E-state index is 0.588. The number of hydrogen-bond acceptors (Lipinski definition) is 1. The molecular formula is C12H17BrClN. The Kier molecular flexibility index (Phi) is 5.65. The Morgan fingerprint density at radius 1 is 1.47 bits per heavy atom. The van der Waals surface area contributed by atoms with E-state index in [-0.39, 0.29) is 0 Å². The third-order valence-electron chi connectivity index (χ3n) is 2.68. The molecule has 3 heteroatoms. The standard InChI is InChI=1S/C12H17BrClN/c1-3-11(15-2)7-5-9-4-6-10(13)8-12(9)14/h4,6,8,11,15H,3,5,7H2,1-2H3. The molecule has 0 bridgehead atoms. The average molecular weight is 291 g/mol. The van der Waals surface area contributed by atoms with E-state index < -0.39 is 0 Å². The Morgan fingerprint density at radius 2 is 2.20 bits per heavy atom. The van der Waals surface area contributed by atoms with Gasteiger partial charge in [0.1, 0.15) is 0 Å². The van der Waals surface area contributed by atoms with Gasteiger partial charge >= 0.3 is 0 Å². The molecule has 1 N–H and O–H groups in total. The summed E-state index contributed by atoms with van der Waals surface area (Å²) in [6.07, 6.45) is 3.32. The van der Waals surface area contributed by atoms with Gasteiger partial charge in [-0.05, 0) is 44.0 Å². The van der Waals surface area contributed by atoms with Crippen molar-refractivity contribution in [1.29, 1.82) is 0 Å². The summed E-state index contributed by atoms with van der Waals surface area (Å²) in [5, 5.41) is 4.16. The second-order valence-electron chi connectivity index (χ2n) is 3.67. The highest BCUT2D eigenvalue weighted by molar-refractivity contribution is 9.10. The van der Waals surface area contributed by atoms with Gasteiger partial charge in [-0.3, -0.25) is 0 Å². The molecule has 0 heterocycles. The molecular weight excluding hydrogens is 273 g/mol. The number of hydrogen-bond donors (Lipinski definition) is 1. The van der Waals surface area contributed by atoms with Crippen LogP contribution < -0.4 is 5.32 Å². The van der Waals surface area contributed by atoms with Crippen LogP contribution in [0.5, 0.6) is 0 Å². The van der Waals surface area contributed by atoms with E-state index in [0.29, 0.717) is 6.04 Å². The van der Waals surface area contributed by atoms with Gasteiger partial charge in [0.25, 0.3) is 0 Å². The maximum atomic E-state index is 6.15. The van der Waals surface area contributed by atoms with Gasteiger partial charge in [0.15, 0.2) is 0 Å². The zero-order valence-corrected chi connectivity index (χ0v) is 11.5. The SMILES string of the molecule is CCC(CCc1ccc(Br)cc1Cl)NC. The van der Waals surface area contributed by atoms with Crippen LogP contribution in [0.15, 0.2) is 22.7 Å². The summed E-state index contributed by atoms with van der Waals surface area (Å²) in [5.41, 5.74) is 1.23. The highest BCUT2D eigenvalue weighted by Crippen LogP contribution is 2.22. The predicted molar refractivity (Wildman–Crippen MR) is 70.6 cm³/mol. The van der Waals surface area contributed by atoms with Crippen LogP contribution in [0.1, 0.15) is 25.3 Å². The summed E-state index contributed by atoms with van der Waals surface area (Å²) in [5.74, 6) is 0. The molecule has 1 rings (SSSR count). The van der Waals surface area contributed by atoms with Gasteiger partial charge in [-0.2, -0.15) is 0 Å². The summed E-state index contributed by atoms with van der Waals surface area (Å²) in [7, 11) is 2.01. The summed E-state index contributed by atoms with van der Waals surface area (Å²) < 4.78 is 1.04. The Hall–Kier alpha value is -0.0500. The van der Waals surface area contributed by atoms with Crippen molar-refractivity contribution in [1.82, 2.24) is 5.32 Å². The first kappa shape index (κ1) is 13.0. The van der Waals surface area contributed by atoms with E-state index in [1.807, 2.05) is 19.2 Å². The first-order chi connectivity index (χ1) is 7.17. The zero-order chi connectivity index (χ0) is 11.3. The Labute approximate surface area is 105 Å². The highest BCUT2D eigenvalue weighted by atomic mass is 79.9. The predicted octanol–water partition coefficient (Wildman–Crippen LogP) is 4.03. The molecule has 0 fully saturated rings. The first-order valence-electron chi connectivity index (χ1n) is 5.28. The van der Waals surface area contributed by atoms with Crippen LogP contribution in [0.25, 0.3) is 0 Å². The zero-order valence-electron chi connectivity index (χ0n) is 9.19. The Balaban J connectivity index is 2.57. The molecule has 0 radical (unpaired) electrons. The van der Waals surface area contributed by atoms with Crippen molar-refractivity contribution in [3.8, 4) is 0 Å². The highest BCUT2D eigenvalue weighted by Gasteiger charge is 2.06. The van der Waals surface area contributed by atoms with E-state index in [9.17, 15) is 0 Å². The van der Waals surface area contributed by atoms with E-state index in [1.54, 1.807) is 0 Å². The number of halogens is 2. The molecule has 84 valence electrons. The molecule has 0 spiro atoms. The van der Waals surface area contributed by atoms with Crippen LogP contribution in [0, 0.1) is 0 Å². The fourth-order valence-corrected chi connectivity index (χ4v) is 2.37. The minimum absolute atomic E-state index is 0.588. The molecule has 0 saturated carbocycles. The maximum Gasteiger partial charge on any atom is 0.0449 e. The molecule has 0 saturated heterocycles. The number of rotatable bonds is 5. The van der Waals surface area contributed by atoms with Crippen molar-refractivity contribution in [3.05, 3.63) is 33.3 Å². The van der Waals surface area contributed by atoms with Crippen LogP contribution in [0.3, 0.4) is 0 Å². The molecule has 0 aliphatic carbocycles. The summed E-state index contributed by atoms with van der Waals surface area (Å²) >= 11 is 9.56. The van der Waals surface area contributed by atoms with Crippen molar-refractivity contribution in [2.75, 3.05) is 7.05 Å². The summed E-state index contributed by atoms with van der Waals surface area (Å²) in [6.45, 7) is 2.20. The van der Waals surface area contributed by atoms with Crippen LogP contribution in [0.2, 0.25) is 5.02 Å². The quantitative estimate of drug-likeness (QED) is 0.863. The lowest BCUT2D eigenvalue weighted by Gasteiger charge is -2.13. The van der Waals surface area contributed by atoms with Gasteiger partial charge < -0.3 is 5.32 Å². The second kappa shape index (κ2) is 6.51. The maximum absolute atomic E-state index is 6.15. The van der Waals surface area contributed by atoms with E-state index in [2.05, 4.69) is 34.2 Å². The van der Waals surface area contributed by atoms with E-state index in [0.717, 1.165) is 28.8 Å². The summed E-state index contributed by atoms with van der Waals surface area (Å²) in [6, 6.07) is 6.68. The van der Waals surface area contributed by atoms with Gasteiger partial charge in [-0.15, -0.1) is 0 Å². The second-order valence-corrected chi connectivity index (χ2v) is 4.99. The molecule has 1 nitrogen and oxygen atoms in total. The molecule has 1 aromatic rings. The molecule has 1 atom stereocenters. The molecule has 0 aliphatic rings. The monoisotopic (exact) mass is 289 g/mol. The van der Waals surface area contributed by atoms with E-state index in [1.165, 1.54) is 5.56 Å². The smallest absolute Gasteiger partial charge is 0.0449 e.